The molecule has 2 aromatic heterocycles. The van der Waals surface area contributed by atoms with E-state index in [2.05, 4.69) is 15.2 Å². The number of amides is 1. The Kier molecular flexibility index (Phi) is 6.76. The lowest BCUT2D eigenvalue weighted by atomic mass is 9.95. The zero-order valence-corrected chi connectivity index (χ0v) is 21.5. The number of aromatic nitrogens is 3. The van der Waals surface area contributed by atoms with E-state index >= 15 is 0 Å². The van der Waals surface area contributed by atoms with Crippen LogP contribution in [0.15, 0.2) is 54.9 Å². The maximum atomic E-state index is 13.7. The highest BCUT2D eigenvalue weighted by Gasteiger charge is 2.43. The molecule has 1 atom stereocenters. The first-order valence-electron chi connectivity index (χ1n) is 12.1. The molecule has 3 heterocycles. The third-order valence-corrected chi connectivity index (χ3v) is 6.76. The number of hydrogen-bond acceptors (Lipinski definition) is 6. The van der Waals surface area contributed by atoms with Crippen molar-refractivity contribution in [3.8, 4) is 28.5 Å². The van der Waals surface area contributed by atoms with Gasteiger partial charge in [0, 0.05) is 35.1 Å². The average Bonchev–Trinajstić information content (AvgIpc) is 3.42. The number of halogens is 1. The van der Waals surface area contributed by atoms with Crippen molar-refractivity contribution in [2.45, 2.75) is 33.4 Å². The van der Waals surface area contributed by atoms with Gasteiger partial charge >= 0.3 is 0 Å². The van der Waals surface area contributed by atoms with Crippen molar-refractivity contribution in [3.63, 3.8) is 0 Å². The Bertz CT molecular complexity index is 1450. The van der Waals surface area contributed by atoms with Gasteiger partial charge in [-0.2, -0.15) is 5.10 Å². The number of benzene rings is 2. The number of aryl methyl sites for hydroxylation is 1. The lowest BCUT2D eigenvalue weighted by molar-refractivity contribution is 0.0729. The number of nitrogens with zero attached hydrogens (tertiary/aromatic N) is 3. The zero-order valence-electron chi connectivity index (χ0n) is 20.8. The Morgan fingerprint density at radius 2 is 1.89 bits per heavy atom. The van der Waals surface area contributed by atoms with Crippen molar-refractivity contribution < 1.29 is 19.4 Å². The molecule has 0 spiro atoms. The third kappa shape index (κ3) is 4.49. The van der Waals surface area contributed by atoms with E-state index in [-0.39, 0.29) is 11.7 Å². The first-order chi connectivity index (χ1) is 17.9. The van der Waals surface area contributed by atoms with Crippen LogP contribution in [0.4, 0.5) is 0 Å². The van der Waals surface area contributed by atoms with Crippen molar-refractivity contribution in [3.05, 3.63) is 87.8 Å². The summed E-state index contributed by atoms with van der Waals surface area (Å²) in [5.74, 6) is 1.06. The number of phenols is 1. The molecular weight excluding hydrogens is 492 g/mol. The number of nitrogens with one attached hydrogen (secondary N) is 1. The van der Waals surface area contributed by atoms with Crippen molar-refractivity contribution in [2.24, 2.45) is 0 Å². The number of rotatable bonds is 8. The molecule has 0 fully saturated rings. The van der Waals surface area contributed by atoms with Gasteiger partial charge in [0.1, 0.15) is 17.1 Å². The van der Waals surface area contributed by atoms with Gasteiger partial charge in [-0.05, 0) is 67.8 Å². The van der Waals surface area contributed by atoms with Gasteiger partial charge in [0.2, 0.25) is 0 Å². The number of H-pyrrole nitrogens is 1. The predicted molar refractivity (Wildman–Crippen MR) is 140 cm³/mol. The summed E-state index contributed by atoms with van der Waals surface area (Å²) in [6.07, 6.45) is 3.44. The molecule has 4 aromatic rings. The van der Waals surface area contributed by atoms with E-state index in [1.165, 1.54) is 0 Å². The van der Waals surface area contributed by atoms with Crippen LogP contribution in [0.5, 0.6) is 17.2 Å². The lowest BCUT2D eigenvalue weighted by Gasteiger charge is -2.27. The quantitative estimate of drug-likeness (QED) is 0.311. The molecule has 5 rings (SSSR count). The summed E-state index contributed by atoms with van der Waals surface area (Å²) in [4.78, 5) is 19.7. The predicted octanol–water partition coefficient (Wildman–Crippen LogP) is 5.68. The molecule has 0 aliphatic carbocycles. The number of phenolic OH excluding ortho intramolecular Hbond substituents is 1. The molecule has 1 aliphatic rings. The van der Waals surface area contributed by atoms with Crippen LogP contribution in [0.2, 0.25) is 5.02 Å². The fourth-order valence-corrected chi connectivity index (χ4v) is 4.86. The minimum absolute atomic E-state index is 0.0369. The number of hydrogen-bond donors (Lipinski definition) is 2. The van der Waals surface area contributed by atoms with Crippen molar-refractivity contribution in [2.75, 3.05) is 13.2 Å². The topological polar surface area (TPSA) is 101 Å². The average molecular weight is 519 g/mol. The second-order valence-corrected chi connectivity index (χ2v) is 9.16. The van der Waals surface area contributed by atoms with Crippen molar-refractivity contribution in [1.82, 2.24) is 20.1 Å². The molecule has 0 radical (unpaired) electrons. The standard InChI is InChI=1S/C28H27ClN4O4/c1-4-36-22-9-8-18(12-23(22)37-5-2)27-24-25(19-13-20(29)16(3)11-21(19)34)31-32-26(24)28(35)33(27)15-17-7-6-10-30-14-17/h6-14,27,34H,4-5,15H2,1-3H3,(H,31,32). The van der Waals surface area contributed by atoms with E-state index in [1.54, 1.807) is 29.4 Å². The van der Waals surface area contributed by atoms with E-state index in [1.807, 2.05) is 51.1 Å². The van der Waals surface area contributed by atoms with Crippen LogP contribution in [-0.2, 0) is 6.54 Å². The van der Waals surface area contributed by atoms with Crippen LogP contribution in [0.25, 0.3) is 11.3 Å². The summed E-state index contributed by atoms with van der Waals surface area (Å²) in [5, 5.41) is 18.7. The monoisotopic (exact) mass is 518 g/mol. The Labute approximate surface area is 219 Å². The van der Waals surface area contributed by atoms with Gasteiger partial charge in [-0.25, -0.2) is 0 Å². The number of aromatic amines is 1. The van der Waals surface area contributed by atoms with E-state index in [9.17, 15) is 9.90 Å². The normalized spacial score (nSPS) is 14.6. The summed E-state index contributed by atoms with van der Waals surface area (Å²) < 4.78 is 11.6. The molecule has 1 aliphatic heterocycles. The molecule has 190 valence electrons. The minimum atomic E-state index is -0.509. The third-order valence-electron chi connectivity index (χ3n) is 6.35. The number of fused-ring (bicyclic) bond motifs is 1. The van der Waals surface area contributed by atoms with Gasteiger partial charge < -0.3 is 19.5 Å². The molecule has 37 heavy (non-hydrogen) atoms. The highest BCUT2D eigenvalue weighted by atomic mass is 35.5. The fourth-order valence-electron chi connectivity index (χ4n) is 4.69. The van der Waals surface area contributed by atoms with Crippen LogP contribution in [0, 0.1) is 6.92 Å². The smallest absolute Gasteiger partial charge is 0.273 e. The SMILES string of the molecule is CCOc1ccc(C2c3c(-c4cc(Cl)c(C)cc4O)n[nH]c3C(=O)N2Cc2cccnc2)cc1OCC. The molecule has 8 nitrogen and oxygen atoms in total. The minimum Gasteiger partial charge on any atom is -0.507 e. The highest BCUT2D eigenvalue weighted by molar-refractivity contribution is 6.31. The number of carbonyl (C=O) groups is 1. The summed E-state index contributed by atoms with van der Waals surface area (Å²) in [6.45, 7) is 6.93. The van der Waals surface area contributed by atoms with Gasteiger partial charge in [0.15, 0.2) is 11.5 Å². The van der Waals surface area contributed by atoms with Crippen LogP contribution < -0.4 is 9.47 Å². The van der Waals surface area contributed by atoms with Crippen molar-refractivity contribution in [1.29, 1.82) is 0 Å². The van der Waals surface area contributed by atoms with Crippen LogP contribution in [0.1, 0.15) is 52.6 Å². The van der Waals surface area contributed by atoms with E-state index in [0.717, 1.165) is 16.7 Å². The Hall–Kier alpha value is -4.04. The highest BCUT2D eigenvalue weighted by Crippen LogP contribution is 2.47. The van der Waals surface area contributed by atoms with Gasteiger partial charge in [0.25, 0.3) is 5.91 Å². The van der Waals surface area contributed by atoms with Crippen LogP contribution in [0.3, 0.4) is 0 Å². The molecule has 9 heteroatoms. The number of pyridine rings is 1. The molecule has 2 N–H and O–H groups in total. The van der Waals surface area contributed by atoms with E-state index in [0.29, 0.717) is 58.8 Å². The Morgan fingerprint density at radius 1 is 1.11 bits per heavy atom. The van der Waals surface area contributed by atoms with Gasteiger partial charge in [-0.3, -0.25) is 14.9 Å². The van der Waals surface area contributed by atoms with Crippen LogP contribution >= 0.6 is 11.6 Å². The second kappa shape index (κ2) is 10.1. The molecule has 1 unspecified atom stereocenters. The molecule has 0 saturated carbocycles. The zero-order chi connectivity index (χ0) is 26.1. The molecule has 1 amide bonds. The Balaban J connectivity index is 1.69. The van der Waals surface area contributed by atoms with Gasteiger partial charge in [-0.15, -0.1) is 0 Å². The maximum absolute atomic E-state index is 13.7. The number of carbonyl (C=O) groups excluding carboxylic acids is 1. The second-order valence-electron chi connectivity index (χ2n) is 8.75. The molecular formula is C28H27ClN4O4. The fraction of sp³-hybridized carbons (Fsp3) is 0.250. The summed E-state index contributed by atoms with van der Waals surface area (Å²) in [6, 6.07) is 12.2. The maximum Gasteiger partial charge on any atom is 0.273 e. The van der Waals surface area contributed by atoms with E-state index in [4.69, 9.17) is 21.1 Å². The van der Waals surface area contributed by atoms with Gasteiger partial charge in [-0.1, -0.05) is 23.7 Å². The van der Waals surface area contributed by atoms with Crippen molar-refractivity contribution >= 4 is 17.5 Å². The lowest BCUT2D eigenvalue weighted by Crippen LogP contribution is -2.29. The summed E-state index contributed by atoms with van der Waals surface area (Å²) >= 11 is 6.41. The van der Waals surface area contributed by atoms with Crippen LogP contribution in [-0.4, -0.2) is 44.3 Å². The summed E-state index contributed by atoms with van der Waals surface area (Å²) in [5.41, 5.74) is 4.40. The Morgan fingerprint density at radius 3 is 2.62 bits per heavy atom. The molecule has 2 aromatic carbocycles. The molecule has 0 saturated heterocycles. The molecule has 0 bridgehead atoms. The number of aromatic hydroxyl groups is 1. The van der Waals surface area contributed by atoms with E-state index < -0.39 is 6.04 Å². The van der Waals surface area contributed by atoms with Gasteiger partial charge in [0.05, 0.1) is 19.3 Å². The largest absolute Gasteiger partial charge is 0.507 e. The first kappa shape index (κ1) is 24.6. The number of ether oxygens (including phenoxy) is 2. The first-order valence-corrected chi connectivity index (χ1v) is 12.5. The summed E-state index contributed by atoms with van der Waals surface area (Å²) in [7, 11) is 0.